The number of pyridine rings is 1. The van der Waals surface area contributed by atoms with Gasteiger partial charge in [-0.25, -0.2) is 4.39 Å². The normalized spacial score (nSPS) is 11.5. The van der Waals surface area contributed by atoms with Gasteiger partial charge in [0.2, 0.25) is 0 Å². The van der Waals surface area contributed by atoms with Gasteiger partial charge in [-0.3, -0.25) is 4.79 Å². The van der Waals surface area contributed by atoms with Crippen LogP contribution in [0.4, 0.5) is 17.6 Å². The number of H-pyrrole nitrogens is 1. The zero-order valence-corrected chi connectivity index (χ0v) is 8.44. The number of nitrogens with one attached hydrogen (secondary N) is 1. The Labute approximate surface area is 88.2 Å². The third kappa shape index (κ3) is 2.59. The first kappa shape index (κ1) is 11.3. The maximum absolute atomic E-state index is 12.8. The SMILES string of the molecule is O=c1[nH]cc(F)c(OC(F)(F)F)c1I. The fourth-order valence-corrected chi connectivity index (χ4v) is 1.20. The third-order valence-electron chi connectivity index (χ3n) is 1.16. The minimum absolute atomic E-state index is 0.486. The average molecular weight is 323 g/mol. The van der Waals surface area contributed by atoms with Crippen LogP contribution >= 0.6 is 22.6 Å². The molecule has 78 valence electrons. The summed E-state index contributed by atoms with van der Waals surface area (Å²) in [4.78, 5) is 12.7. The molecule has 1 N–H and O–H groups in total. The Morgan fingerprint density at radius 1 is 1.43 bits per heavy atom. The van der Waals surface area contributed by atoms with Gasteiger partial charge in [-0.05, 0) is 22.6 Å². The molecule has 0 unspecified atom stereocenters. The lowest BCUT2D eigenvalue weighted by Gasteiger charge is -2.10. The van der Waals surface area contributed by atoms with Gasteiger partial charge >= 0.3 is 6.36 Å². The number of hydrogen-bond donors (Lipinski definition) is 1. The van der Waals surface area contributed by atoms with E-state index in [0.29, 0.717) is 6.20 Å². The molecule has 0 aliphatic carbocycles. The number of alkyl halides is 3. The molecule has 1 aromatic heterocycles. The number of ether oxygens (including phenoxy) is 1. The topological polar surface area (TPSA) is 42.1 Å². The van der Waals surface area contributed by atoms with Gasteiger partial charge < -0.3 is 9.72 Å². The van der Waals surface area contributed by atoms with E-state index in [1.165, 1.54) is 22.6 Å². The van der Waals surface area contributed by atoms with Crippen molar-refractivity contribution in [3.8, 4) is 5.75 Å². The molecule has 14 heavy (non-hydrogen) atoms. The van der Waals surface area contributed by atoms with Crippen molar-refractivity contribution >= 4 is 22.6 Å². The minimum Gasteiger partial charge on any atom is -0.401 e. The van der Waals surface area contributed by atoms with Crippen LogP contribution in [0.5, 0.6) is 5.75 Å². The molecule has 1 aromatic rings. The van der Waals surface area contributed by atoms with Crippen LogP contribution in [-0.2, 0) is 0 Å². The summed E-state index contributed by atoms with van der Waals surface area (Å²) in [6.45, 7) is 0. The predicted molar refractivity (Wildman–Crippen MR) is 46.4 cm³/mol. The van der Waals surface area contributed by atoms with Gasteiger partial charge in [0.15, 0.2) is 11.6 Å². The molecule has 0 aliphatic heterocycles. The molecule has 1 rings (SSSR count). The monoisotopic (exact) mass is 323 g/mol. The van der Waals surface area contributed by atoms with Crippen molar-refractivity contribution in [2.75, 3.05) is 0 Å². The van der Waals surface area contributed by atoms with E-state index < -0.39 is 27.1 Å². The minimum atomic E-state index is -5.02. The van der Waals surface area contributed by atoms with Crippen molar-refractivity contribution in [1.29, 1.82) is 0 Å². The highest BCUT2D eigenvalue weighted by Gasteiger charge is 2.34. The van der Waals surface area contributed by atoms with Crippen LogP contribution in [0.15, 0.2) is 11.0 Å². The Hall–Kier alpha value is -0.800. The molecular formula is C6H2F4INO2. The number of halogens is 5. The van der Waals surface area contributed by atoms with Crippen LogP contribution in [0.2, 0.25) is 0 Å². The maximum Gasteiger partial charge on any atom is 0.573 e. The molecule has 3 nitrogen and oxygen atoms in total. The molecule has 0 radical (unpaired) electrons. The van der Waals surface area contributed by atoms with Crippen LogP contribution in [0.1, 0.15) is 0 Å². The highest BCUT2D eigenvalue weighted by molar-refractivity contribution is 14.1. The van der Waals surface area contributed by atoms with Gasteiger partial charge in [-0.1, -0.05) is 0 Å². The third-order valence-corrected chi connectivity index (χ3v) is 2.14. The van der Waals surface area contributed by atoms with Crippen LogP contribution in [0, 0.1) is 9.39 Å². The zero-order valence-electron chi connectivity index (χ0n) is 6.28. The van der Waals surface area contributed by atoms with E-state index in [4.69, 9.17) is 0 Å². The maximum atomic E-state index is 12.8. The number of rotatable bonds is 1. The van der Waals surface area contributed by atoms with E-state index in [0.717, 1.165) is 0 Å². The van der Waals surface area contributed by atoms with Crippen molar-refractivity contribution in [3.63, 3.8) is 0 Å². The molecule has 1 heterocycles. The zero-order chi connectivity index (χ0) is 10.9. The standard InChI is InChI=1S/C6H2F4INO2/c7-2-1-12-5(13)3(11)4(2)14-6(8,9)10/h1H,(H,12,13). The van der Waals surface area contributed by atoms with E-state index in [2.05, 4.69) is 4.74 Å². The van der Waals surface area contributed by atoms with E-state index in [1.807, 2.05) is 4.98 Å². The molecule has 0 fully saturated rings. The second-order valence-corrected chi connectivity index (χ2v) is 3.24. The van der Waals surface area contributed by atoms with E-state index in [1.54, 1.807) is 0 Å². The van der Waals surface area contributed by atoms with Gasteiger partial charge in [-0.15, -0.1) is 13.2 Å². The molecule has 0 spiro atoms. The smallest absolute Gasteiger partial charge is 0.401 e. The van der Waals surface area contributed by atoms with Crippen LogP contribution in [0.25, 0.3) is 0 Å². The quantitative estimate of drug-likeness (QED) is 0.635. The molecule has 0 aromatic carbocycles. The van der Waals surface area contributed by atoms with E-state index in [9.17, 15) is 22.4 Å². The largest absolute Gasteiger partial charge is 0.573 e. The summed E-state index contributed by atoms with van der Waals surface area (Å²) in [5, 5.41) is 0. The second-order valence-electron chi connectivity index (χ2n) is 2.16. The fourth-order valence-electron chi connectivity index (χ4n) is 0.675. The van der Waals surface area contributed by atoms with Crippen molar-refractivity contribution in [2.45, 2.75) is 6.36 Å². The molecular weight excluding hydrogens is 321 g/mol. The van der Waals surface area contributed by atoms with Crippen molar-refractivity contribution in [3.05, 3.63) is 25.9 Å². The number of aromatic amines is 1. The van der Waals surface area contributed by atoms with Crippen LogP contribution < -0.4 is 10.3 Å². The molecule has 0 atom stereocenters. The summed E-state index contributed by atoms with van der Waals surface area (Å²) >= 11 is 1.26. The van der Waals surface area contributed by atoms with Gasteiger partial charge in [0.25, 0.3) is 5.56 Å². The summed E-state index contributed by atoms with van der Waals surface area (Å²) in [6, 6.07) is 0. The molecule has 0 amide bonds. The molecule has 0 aliphatic rings. The summed E-state index contributed by atoms with van der Waals surface area (Å²) in [5.41, 5.74) is -0.841. The Morgan fingerprint density at radius 2 is 2.00 bits per heavy atom. The lowest BCUT2D eigenvalue weighted by Crippen LogP contribution is -2.22. The molecule has 0 saturated carbocycles. The summed E-state index contributed by atoms with van der Waals surface area (Å²) in [7, 11) is 0. The van der Waals surface area contributed by atoms with Gasteiger partial charge in [0, 0.05) is 6.20 Å². The van der Waals surface area contributed by atoms with Crippen molar-refractivity contribution in [1.82, 2.24) is 4.98 Å². The first-order valence-corrected chi connectivity index (χ1v) is 4.21. The first-order valence-electron chi connectivity index (χ1n) is 3.13. The number of hydrogen-bond acceptors (Lipinski definition) is 2. The summed E-state index contributed by atoms with van der Waals surface area (Å²) in [6.07, 6.45) is -4.51. The highest BCUT2D eigenvalue weighted by atomic mass is 127. The van der Waals surface area contributed by atoms with Crippen molar-refractivity contribution < 1.29 is 22.3 Å². The number of aromatic nitrogens is 1. The highest BCUT2D eigenvalue weighted by Crippen LogP contribution is 2.27. The summed E-state index contributed by atoms with van der Waals surface area (Å²) < 4.78 is 50.8. The Bertz CT molecular complexity index is 400. The average Bonchev–Trinajstić information content (AvgIpc) is 2.04. The molecule has 8 heteroatoms. The first-order chi connectivity index (χ1) is 6.31. The van der Waals surface area contributed by atoms with Crippen LogP contribution in [-0.4, -0.2) is 11.3 Å². The fraction of sp³-hybridized carbons (Fsp3) is 0.167. The van der Waals surface area contributed by atoms with Gasteiger partial charge in [0.05, 0.1) is 0 Å². The van der Waals surface area contributed by atoms with Crippen LogP contribution in [0.3, 0.4) is 0 Å². The molecule has 0 bridgehead atoms. The van der Waals surface area contributed by atoms with E-state index in [-0.39, 0.29) is 0 Å². The Kier molecular flexibility index (Phi) is 3.02. The predicted octanol–water partition coefficient (Wildman–Crippen LogP) is 2.02. The summed E-state index contributed by atoms with van der Waals surface area (Å²) in [5.74, 6) is -2.38. The second kappa shape index (κ2) is 3.75. The Balaban J connectivity index is 3.20. The lowest BCUT2D eigenvalue weighted by molar-refractivity contribution is -0.276. The van der Waals surface area contributed by atoms with Gasteiger partial charge in [0.1, 0.15) is 3.57 Å². The molecule has 0 saturated heterocycles. The van der Waals surface area contributed by atoms with Crippen molar-refractivity contribution in [2.24, 2.45) is 0 Å². The lowest BCUT2D eigenvalue weighted by atomic mass is 10.4. The Morgan fingerprint density at radius 3 is 2.50 bits per heavy atom. The van der Waals surface area contributed by atoms with Gasteiger partial charge in [-0.2, -0.15) is 0 Å². The van der Waals surface area contributed by atoms with E-state index >= 15 is 0 Å².